The first-order chi connectivity index (χ1) is 8.53. The van der Waals surface area contributed by atoms with Gasteiger partial charge in [0.05, 0.1) is 5.38 Å². The van der Waals surface area contributed by atoms with Crippen LogP contribution < -0.4 is 0 Å². The molecule has 1 aliphatic rings. The number of benzene rings is 1. The molecule has 2 rings (SSSR count). The largest absolute Gasteiger partial charge is 0.117 e. The van der Waals surface area contributed by atoms with Gasteiger partial charge in [0.1, 0.15) is 0 Å². The minimum Gasteiger partial charge on any atom is -0.117 e. The lowest BCUT2D eigenvalue weighted by molar-refractivity contribution is 0.206. The first kappa shape index (κ1) is 13.9. The van der Waals surface area contributed by atoms with Gasteiger partial charge in [-0.3, -0.25) is 0 Å². The minimum atomic E-state index is 0.166. The van der Waals surface area contributed by atoms with E-state index in [1.807, 2.05) is 0 Å². The highest BCUT2D eigenvalue weighted by molar-refractivity contribution is 6.21. The van der Waals surface area contributed by atoms with E-state index in [0.717, 1.165) is 0 Å². The molecule has 18 heavy (non-hydrogen) atoms. The molecule has 100 valence electrons. The Morgan fingerprint density at radius 3 is 1.94 bits per heavy atom. The van der Waals surface area contributed by atoms with Crippen LogP contribution in [0.2, 0.25) is 0 Å². The van der Waals surface area contributed by atoms with Gasteiger partial charge in [0.15, 0.2) is 0 Å². The average Bonchev–Trinajstić information content (AvgIpc) is 2.39. The van der Waals surface area contributed by atoms with Crippen molar-refractivity contribution in [3.8, 4) is 0 Å². The monoisotopic (exact) mass is 264 g/mol. The topological polar surface area (TPSA) is 0 Å². The van der Waals surface area contributed by atoms with Crippen LogP contribution >= 0.6 is 11.6 Å². The van der Waals surface area contributed by atoms with Gasteiger partial charge in [0.25, 0.3) is 0 Å². The van der Waals surface area contributed by atoms with E-state index in [9.17, 15) is 0 Å². The number of alkyl halides is 1. The van der Waals surface area contributed by atoms with Crippen LogP contribution in [0.3, 0.4) is 0 Å². The lowest BCUT2D eigenvalue weighted by Crippen LogP contribution is -2.25. The molecule has 0 bridgehead atoms. The van der Waals surface area contributed by atoms with Crippen LogP contribution in [0.5, 0.6) is 0 Å². The fourth-order valence-corrected chi connectivity index (χ4v) is 3.43. The fourth-order valence-electron chi connectivity index (χ4n) is 3.07. The molecule has 0 aliphatic heterocycles. The van der Waals surface area contributed by atoms with Gasteiger partial charge < -0.3 is 0 Å². The third-order valence-electron chi connectivity index (χ3n) is 4.50. The molecular weight excluding hydrogens is 240 g/mol. The fraction of sp³-hybridized carbons (Fsp3) is 0.647. The molecule has 1 aromatic carbocycles. The minimum absolute atomic E-state index is 0.166. The van der Waals surface area contributed by atoms with Crippen molar-refractivity contribution in [3.63, 3.8) is 0 Å². The Bertz CT molecular complexity index is 371. The maximum atomic E-state index is 6.76. The summed E-state index contributed by atoms with van der Waals surface area (Å²) in [4.78, 5) is 0. The summed E-state index contributed by atoms with van der Waals surface area (Å²) >= 11 is 6.76. The maximum Gasteiger partial charge on any atom is 0.0638 e. The molecular formula is C17H25Cl. The second-order valence-electron chi connectivity index (χ2n) is 6.40. The van der Waals surface area contributed by atoms with E-state index < -0.39 is 0 Å². The SMILES string of the molecule is CC(C)c1ccc(C(Cl)C2(C)CCCCC2)cc1. The summed E-state index contributed by atoms with van der Waals surface area (Å²) in [7, 11) is 0. The Labute approximate surface area is 117 Å². The van der Waals surface area contributed by atoms with Crippen LogP contribution in [-0.2, 0) is 0 Å². The van der Waals surface area contributed by atoms with Crippen molar-refractivity contribution >= 4 is 11.6 Å². The van der Waals surface area contributed by atoms with Crippen LogP contribution in [-0.4, -0.2) is 0 Å². The summed E-state index contributed by atoms with van der Waals surface area (Å²) in [5, 5.41) is 0.166. The van der Waals surface area contributed by atoms with Crippen LogP contribution in [0.4, 0.5) is 0 Å². The van der Waals surface area contributed by atoms with Gasteiger partial charge in [-0.1, -0.05) is 64.3 Å². The molecule has 0 heterocycles. The van der Waals surface area contributed by atoms with Gasteiger partial charge in [-0.2, -0.15) is 0 Å². The zero-order valence-corrected chi connectivity index (χ0v) is 12.6. The summed E-state index contributed by atoms with van der Waals surface area (Å²) < 4.78 is 0. The Morgan fingerprint density at radius 1 is 0.944 bits per heavy atom. The zero-order chi connectivity index (χ0) is 13.2. The molecule has 1 saturated carbocycles. The van der Waals surface area contributed by atoms with Crippen molar-refractivity contribution in [1.29, 1.82) is 0 Å². The summed E-state index contributed by atoms with van der Waals surface area (Å²) in [6, 6.07) is 8.93. The Hall–Kier alpha value is -0.490. The van der Waals surface area contributed by atoms with Gasteiger partial charge in [0.2, 0.25) is 0 Å². The van der Waals surface area contributed by atoms with Gasteiger partial charge in [-0.15, -0.1) is 11.6 Å². The van der Waals surface area contributed by atoms with Crippen LogP contribution in [0, 0.1) is 5.41 Å². The Morgan fingerprint density at radius 2 is 1.44 bits per heavy atom. The first-order valence-electron chi connectivity index (χ1n) is 7.27. The highest BCUT2D eigenvalue weighted by atomic mass is 35.5. The highest BCUT2D eigenvalue weighted by Gasteiger charge is 2.35. The van der Waals surface area contributed by atoms with E-state index in [0.29, 0.717) is 11.3 Å². The van der Waals surface area contributed by atoms with Crippen LogP contribution in [0.15, 0.2) is 24.3 Å². The van der Waals surface area contributed by atoms with E-state index in [1.165, 1.54) is 43.2 Å². The summed E-state index contributed by atoms with van der Waals surface area (Å²) in [6.45, 7) is 6.82. The predicted octanol–water partition coefficient (Wildman–Crippen LogP) is 6.06. The molecule has 0 radical (unpaired) electrons. The van der Waals surface area contributed by atoms with Crippen molar-refractivity contribution in [2.45, 2.75) is 64.2 Å². The molecule has 0 amide bonds. The molecule has 0 N–H and O–H groups in total. The van der Waals surface area contributed by atoms with E-state index in [1.54, 1.807) is 0 Å². The highest BCUT2D eigenvalue weighted by Crippen LogP contribution is 2.49. The number of rotatable bonds is 3. The number of halogens is 1. The summed E-state index contributed by atoms with van der Waals surface area (Å²) in [5.74, 6) is 0.595. The molecule has 1 aliphatic carbocycles. The standard InChI is InChI=1S/C17H25Cl/c1-13(2)14-7-9-15(10-8-14)16(18)17(3)11-5-4-6-12-17/h7-10,13,16H,4-6,11-12H2,1-3H3. The lowest BCUT2D eigenvalue weighted by Gasteiger charge is -2.38. The second kappa shape index (κ2) is 5.65. The molecule has 1 heteroatoms. The van der Waals surface area contributed by atoms with Gasteiger partial charge in [-0.05, 0) is 35.3 Å². The molecule has 1 fully saturated rings. The van der Waals surface area contributed by atoms with E-state index >= 15 is 0 Å². The normalized spacial score (nSPS) is 20.9. The molecule has 1 aromatic rings. The van der Waals surface area contributed by atoms with Crippen molar-refractivity contribution in [2.75, 3.05) is 0 Å². The second-order valence-corrected chi connectivity index (χ2v) is 6.84. The average molecular weight is 265 g/mol. The quantitative estimate of drug-likeness (QED) is 0.582. The van der Waals surface area contributed by atoms with Gasteiger partial charge >= 0.3 is 0 Å². The van der Waals surface area contributed by atoms with Crippen LogP contribution in [0.25, 0.3) is 0 Å². The Balaban J connectivity index is 2.15. The molecule has 0 nitrogen and oxygen atoms in total. The maximum absolute atomic E-state index is 6.76. The van der Waals surface area contributed by atoms with Crippen molar-refractivity contribution in [3.05, 3.63) is 35.4 Å². The zero-order valence-electron chi connectivity index (χ0n) is 11.9. The number of hydrogen-bond donors (Lipinski definition) is 0. The smallest absolute Gasteiger partial charge is 0.0638 e. The molecule has 0 spiro atoms. The lowest BCUT2D eigenvalue weighted by atomic mass is 9.71. The predicted molar refractivity (Wildman–Crippen MR) is 80.3 cm³/mol. The summed E-state index contributed by atoms with van der Waals surface area (Å²) in [5.41, 5.74) is 2.99. The van der Waals surface area contributed by atoms with Gasteiger partial charge in [-0.25, -0.2) is 0 Å². The van der Waals surface area contributed by atoms with Crippen molar-refractivity contribution in [2.24, 2.45) is 5.41 Å². The van der Waals surface area contributed by atoms with E-state index in [4.69, 9.17) is 11.6 Å². The van der Waals surface area contributed by atoms with E-state index in [-0.39, 0.29) is 5.38 Å². The first-order valence-corrected chi connectivity index (χ1v) is 7.70. The van der Waals surface area contributed by atoms with Gasteiger partial charge in [0, 0.05) is 0 Å². The van der Waals surface area contributed by atoms with Crippen molar-refractivity contribution in [1.82, 2.24) is 0 Å². The third kappa shape index (κ3) is 2.91. The van der Waals surface area contributed by atoms with E-state index in [2.05, 4.69) is 45.0 Å². The third-order valence-corrected chi connectivity index (χ3v) is 5.28. The molecule has 1 unspecified atom stereocenters. The molecule has 0 saturated heterocycles. The molecule has 1 atom stereocenters. The molecule has 0 aromatic heterocycles. The van der Waals surface area contributed by atoms with Crippen molar-refractivity contribution < 1.29 is 0 Å². The number of hydrogen-bond acceptors (Lipinski definition) is 0. The van der Waals surface area contributed by atoms with Crippen LogP contribution in [0.1, 0.15) is 75.3 Å². The Kier molecular flexibility index (Phi) is 4.37. The summed E-state index contributed by atoms with van der Waals surface area (Å²) in [6.07, 6.45) is 6.60.